The van der Waals surface area contributed by atoms with Crippen molar-refractivity contribution in [1.82, 2.24) is 42.5 Å². The molecule has 0 spiro atoms. The van der Waals surface area contributed by atoms with Gasteiger partial charge in [-0.25, -0.2) is 0 Å². The van der Waals surface area contributed by atoms with E-state index < -0.39 is 190 Å². The average Bonchev–Trinajstić information content (AvgIpc) is 0.815. The molecule has 43 nitrogen and oxygen atoms in total. The van der Waals surface area contributed by atoms with Crippen LogP contribution >= 0.6 is 7.60 Å². The van der Waals surface area contributed by atoms with Crippen LogP contribution in [0.5, 0.6) is 0 Å². The van der Waals surface area contributed by atoms with Gasteiger partial charge in [-0.05, 0) is 33.6 Å². The number of carbonyl (C=O) groups is 8. The molecule has 0 aromatic heterocycles. The molecule has 3 rings (SSSR count). The lowest BCUT2D eigenvalue weighted by Crippen LogP contribution is -2.64. The monoisotopic (exact) mass is 1600 g/mol. The highest BCUT2D eigenvalue weighted by Gasteiger charge is 2.48. The molecule has 44 heteroatoms. The summed E-state index contributed by atoms with van der Waals surface area (Å²) in [4.78, 5) is 113. The normalized spacial score (nSPS) is 25.4. The summed E-state index contributed by atoms with van der Waals surface area (Å²) in [5, 5.41) is 111. The first kappa shape index (κ1) is 98.1. The smallest absolute Gasteiger partial charge is 0.333 e. The summed E-state index contributed by atoms with van der Waals surface area (Å²) in [7, 11) is -3.75. The summed E-state index contributed by atoms with van der Waals surface area (Å²) in [6.45, 7) is 7.51. The average molecular weight is 1600 g/mol. The zero-order valence-electron chi connectivity index (χ0n) is 62.8. The highest BCUT2D eigenvalue weighted by atomic mass is 31.2. The Hall–Kier alpha value is -5.05. The molecule has 18 atom stereocenters. The highest BCUT2D eigenvalue weighted by Crippen LogP contribution is 2.54. The molecule has 0 aliphatic carbocycles. The number of aliphatic hydroxyl groups excluding tert-OH is 9. The van der Waals surface area contributed by atoms with Crippen molar-refractivity contribution in [3.63, 3.8) is 0 Å². The van der Waals surface area contributed by atoms with E-state index in [0.29, 0.717) is 33.0 Å². The third kappa shape index (κ3) is 39.5. The van der Waals surface area contributed by atoms with E-state index in [2.05, 4.69) is 42.5 Å². The first-order chi connectivity index (χ1) is 52.0. The van der Waals surface area contributed by atoms with Gasteiger partial charge >= 0.3 is 7.60 Å². The molecule has 3 aliphatic heterocycles. The minimum absolute atomic E-state index is 0.0245. The van der Waals surface area contributed by atoms with Crippen molar-refractivity contribution >= 4 is 54.9 Å². The van der Waals surface area contributed by atoms with Gasteiger partial charge in [-0.2, -0.15) is 0 Å². The van der Waals surface area contributed by atoms with Crippen LogP contribution in [-0.2, 0) is 118 Å². The molecule has 3 fully saturated rings. The molecule has 0 bridgehead atoms. The molecule has 18 N–H and O–H groups in total. The van der Waals surface area contributed by atoms with Gasteiger partial charge in [0.25, 0.3) is 0 Å². The second-order valence-corrected chi connectivity index (χ2v) is 28.6. The van der Waals surface area contributed by atoms with Gasteiger partial charge in [0, 0.05) is 59.7 Å². The predicted octanol–water partition coefficient (Wildman–Crippen LogP) is -8.71. The highest BCUT2D eigenvalue weighted by molar-refractivity contribution is 7.54. The molecule has 18 unspecified atom stereocenters. The summed E-state index contributed by atoms with van der Waals surface area (Å²) in [6, 6.07) is -6.30. The van der Waals surface area contributed by atoms with E-state index in [1.165, 1.54) is 20.8 Å². The van der Waals surface area contributed by atoms with Crippen molar-refractivity contribution in [2.75, 3.05) is 185 Å². The number of hydrogen-bond acceptors (Lipinski definition) is 34. The van der Waals surface area contributed by atoms with Crippen LogP contribution < -0.4 is 42.5 Å². The van der Waals surface area contributed by atoms with E-state index >= 15 is 0 Å². The quantitative estimate of drug-likeness (QED) is 0.0199. The van der Waals surface area contributed by atoms with Gasteiger partial charge in [0.1, 0.15) is 85.1 Å². The van der Waals surface area contributed by atoms with E-state index in [4.69, 9.17) is 75.6 Å². The summed E-state index contributed by atoms with van der Waals surface area (Å²) < 4.78 is 100. The van der Waals surface area contributed by atoms with Crippen LogP contribution in [0.3, 0.4) is 0 Å². The molecule has 8 amide bonds. The summed E-state index contributed by atoms with van der Waals surface area (Å²) in [5.74, 6) is -5.15. The molecule has 634 valence electrons. The molecule has 0 aromatic carbocycles. The van der Waals surface area contributed by atoms with Crippen molar-refractivity contribution in [2.45, 2.75) is 183 Å². The predicted molar refractivity (Wildman–Crippen MR) is 373 cm³/mol. The lowest BCUT2D eigenvalue weighted by atomic mass is 9.97. The Labute approximate surface area is 632 Å². The Kier molecular flexibility index (Phi) is 49.9. The molecular weight excluding hydrogens is 1480 g/mol. The lowest BCUT2D eigenvalue weighted by molar-refractivity contribution is -0.272. The topological polar surface area (TPSA) is 600 Å². The molecule has 3 heterocycles. The maximum atomic E-state index is 13.8. The number of aliphatic hydroxyl groups is 9. The Bertz CT molecular complexity index is 2650. The van der Waals surface area contributed by atoms with Crippen LogP contribution in [0.15, 0.2) is 0 Å². The molecule has 0 saturated carbocycles. The van der Waals surface area contributed by atoms with Crippen molar-refractivity contribution in [3.8, 4) is 0 Å². The molecular formula is C65H119N8O35P. The Balaban J connectivity index is 1.57. The van der Waals surface area contributed by atoms with E-state index in [0.717, 1.165) is 0 Å². The number of ether oxygens (including phenoxy) is 15. The lowest BCUT2D eigenvalue weighted by Gasteiger charge is -2.42. The first-order valence-corrected chi connectivity index (χ1v) is 37.7. The van der Waals surface area contributed by atoms with Crippen LogP contribution in [0.1, 0.15) is 73.6 Å². The fourth-order valence-corrected chi connectivity index (χ4v) is 11.0. The second-order valence-electron chi connectivity index (χ2n) is 25.9. The fourth-order valence-electron chi connectivity index (χ4n) is 10.3. The molecule has 0 radical (unpaired) electrons. The van der Waals surface area contributed by atoms with Gasteiger partial charge in [-0.1, -0.05) is 0 Å². The molecule has 0 aromatic rings. The number of amides is 8. The van der Waals surface area contributed by atoms with E-state index in [1.807, 2.05) is 0 Å². The van der Waals surface area contributed by atoms with Crippen molar-refractivity contribution in [2.24, 2.45) is 0 Å². The number of hydrogen-bond donors (Lipinski definition) is 18. The third-order valence-electron chi connectivity index (χ3n) is 16.2. The third-order valence-corrected chi connectivity index (χ3v) is 18.5. The van der Waals surface area contributed by atoms with Crippen LogP contribution in [0.2, 0.25) is 0 Å². The van der Waals surface area contributed by atoms with Crippen molar-refractivity contribution < 1.29 is 169 Å². The van der Waals surface area contributed by atoms with Gasteiger partial charge in [0.2, 0.25) is 47.3 Å². The maximum Gasteiger partial charge on any atom is 0.333 e. The minimum Gasteiger partial charge on any atom is -0.394 e. The molecule has 109 heavy (non-hydrogen) atoms. The van der Waals surface area contributed by atoms with Gasteiger partial charge < -0.3 is 169 Å². The SMILES string of the molecule is CC(=O)NC1C(OCCOCCNC(=O)CCC(NC(=O)CCC(NC(=O)CCOCCOCCOCCOCCOCCOCCOP(=O)(O)C(C)(C)C)C(=O)NCCOCCOC2OC(CO)C(O)C(O)C2NC(C)=O)C(=O)NCCOCCOC2OC(CO)C(O)C(O)C2NC(C)=O)OC(CO)C(O)C1O. The van der Waals surface area contributed by atoms with Gasteiger partial charge in [-0.3, -0.25) is 42.9 Å². The summed E-state index contributed by atoms with van der Waals surface area (Å²) in [5.41, 5.74) is 0. The first-order valence-electron chi connectivity index (χ1n) is 36.1. The minimum atomic E-state index is -3.75. The van der Waals surface area contributed by atoms with Crippen molar-refractivity contribution in [1.29, 1.82) is 0 Å². The van der Waals surface area contributed by atoms with Gasteiger partial charge in [0.15, 0.2) is 18.9 Å². The summed E-state index contributed by atoms with van der Waals surface area (Å²) >= 11 is 0. The Morgan fingerprint density at radius 1 is 0.376 bits per heavy atom. The largest absolute Gasteiger partial charge is 0.394 e. The van der Waals surface area contributed by atoms with E-state index in [9.17, 15) is 93.8 Å². The fraction of sp³-hybridized carbons (Fsp3) is 0.877. The number of rotatable bonds is 59. The molecule has 3 saturated heterocycles. The van der Waals surface area contributed by atoms with E-state index in [-0.39, 0.29) is 158 Å². The summed E-state index contributed by atoms with van der Waals surface area (Å²) in [6.07, 6.45) is -18.3. The number of carbonyl (C=O) groups excluding carboxylic acids is 8. The van der Waals surface area contributed by atoms with Crippen LogP contribution in [0, 0.1) is 0 Å². The van der Waals surface area contributed by atoms with Gasteiger partial charge in [0.05, 0.1) is 170 Å². The Morgan fingerprint density at radius 2 is 0.651 bits per heavy atom. The Morgan fingerprint density at radius 3 is 0.963 bits per heavy atom. The second kappa shape index (κ2) is 55.4. The van der Waals surface area contributed by atoms with Crippen molar-refractivity contribution in [3.05, 3.63) is 0 Å². The van der Waals surface area contributed by atoms with Gasteiger partial charge in [-0.15, -0.1) is 0 Å². The zero-order valence-corrected chi connectivity index (χ0v) is 63.7. The standard InChI is InChI=1S/C65H119N8O35P/c1-40(77)69-51-57(86)54(83)45(37-74)106-62(51)102-33-29-94-16-12-66-48(80)9-7-43(60(89)67-13-17-95-30-34-103-63-52(70-41(2)78)58(87)55(84)46(38-75)107-63)72-49(81)10-8-44(61(90)68-14-18-96-31-35-104-64-53(71-42(3)79)59(88)56(85)47(39-76)108-64)73-50(82)11-15-93-19-20-97-21-22-98-23-24-99-25-26-100-27-28-101-32-36-105-109(91,92)65(4,5)6/h43-47,51-59,62-64,74-76,83-88H,7-39H2,1-6H3,(H,66,80)(H,67,89)(H,68,90)(H,69,77)(H,70,78)(H,71,79)(H,72,81)(H,73,82)(H,91,92). The van der Waals surface area contributed by atoms with E-state index in [1.54, 1.807) is 20.8 Å². The number of nitrogens with one attached hydrogen (secondary N) is 8. The molecule has 3 aliphatic rings. The van der Waals surface area contributed by atoms with Crippen LogP contribution in [0.4, 0.5) is 0 Å². The zero-order chi connectivity index (χ0) is 80.7. The van der Waals surface area contributed by atoms with Crippen LogP contribution in [0.25, 0.3) is 0 Å². The van der Waals surface area contributed by atoms with Crippen LogP contribution in [-0.4, -0.2) is 392 Å². The maximum absolute atomic E-state index is 13.8.